The fraction of sp³-hybridized carbons (Fsp3) is 0.364. The van der Waals surface area contributed by atoms with Crippen LogP contribution < -0.4 is 10.9 Å². The summed E-state index contributed by atoms with van der Waals surface area (Å²) in [5.74, 6) is 0.255. The van der Waals surface area contributed by atoms with Crippen molar-refractivity contribution in [2.24, 2.45) is 5.92 Å². The van der Waals surface area contributed by atoms with Crippen molar-refractivity contribution in [2.45, 2.75) is 45.8 Å². The van der Waals surface area contributed by atoms with Crippen molar-refractivity contribution >= 4 is 40.2 Å². The van der Waals surface area contributed by atoms with E-state index in [9.17, 15) is 14.4 Å². The smallest absolute Gasteiger partial charge is 0.278 e. The van der Waals surface area contributed by atoms with E-state index in [1.807, 2.05) is 13.0 Å². The summed E-state index contributed by atoms with van der Waals surface area (Å²) in [5, 5.41) is 3.33. The molecule has 2 N–H and O–H groups in total. The predicted octanol–water partition coefficient (Wildman–Crippen LogP) is 4.01. The van der Waals surface area contributed by atoms with Crippen LogP contribution in [0.15, 0.2) is 40.3 Å². The highest BCUT2D eigenvalue weighted by Crippen LogP contribution is 2.20. The summed E-state index contributed by atoms with van der Waals surface area (Å²) in [6, 6.07) is 8.66. The number of aromatic nitrogens is 3. The highest BCUT2D eigenvalue weighted by Gasteiger charge is 2.15. The quantitative estimate of drug-likeness (QED) is 0.322. The molecule has 0 saturated heterocycles. The Morgan fingerprint density at radius 1 is 1.27 bits per heavy atom. The van der Waals surface area contributed by atoms with Gasteiger partial charge in [0.1, 0.15) is 5.52 Å². The first-order valence-corrected chi connectivity index (χ1v) is 10.9. The van der Waals surface area contributed by atoms with E-state index in [1.165, 1.54) is 18.7 Å². The van der Waals surface area contributed by atoms with Crippen LogP contribution in [0, 0.1) is 12.8 Å². The molecule has 0 bridgehead atoms. The Kier molecular flexibility index (Phi) is 6.77. The van der Waals surface area contributed by atoms with Crippen molar-refractivity contribution < 1.29 is 9.59 Å². The lowest BCUT2D eigenvalue weighted by Gasteiger charge is -2.13. The molecule has 3 rings (SSSR count). The van der Waals surface area contributed by atoms with Gasteiger partial charge in [-0.15, -0.1) is 0 Å². The molecule has 8 heteroatoms. The van der Waals surface area contributed by atoms with Crippen LogP contribution in [0.3, 0.4) is 0 Å². The van der Waals surface area contributed by atoms with Crippen molar-refractivity contribution in [2.75, 3.05) is 11.1 Å². The molecule has 0 spiro atoms. The molecule has 3 aromatic rings. The second kappa shape index (κ2) is 9.30. The van der Waals surface area contributed by atoms with E-state index in [0.29, 0.717) is 39.9 Å². The standard InChI is InChI=1S/C22H26N4O3S/c1-13(2)8-9-26-21(29)20-18(10-14(3)23-20)25-22(26)30-12-19(28)24-17-7-5-6-16(11-17)15(4)27/h5-7,10-11,13,23H,8-9,12H2,1-4H3,(H,24,28). The zero-order valence-corrected chi connectivity index (χ0v) is 18.4. The molecule has 0 atom stereocenters. The second-order valence-electron chi connectivity index (χ2n) is 7.72. The number of thioether (sulfide) groups is 1. The summed E-state index contributed by atoms with van der Waals surface area (Å²) in [6.07, 6.45) is 0.838. The minimum absolute atomic E-state index is 0.0612. The highest BCUT2D eigenvalue weighted by molar-refractivity contribution is 7.99. The zero-order chi connectivity index (χ0) is 21.8. The Morgan fingerprint density at radius 3 is 2.73 bits per heavy atom. The Morgan fingerprint density at radius 2 is 2.03 bits per heavy atom. The number of benzene rings is 1. The third-order valence-electron chi connectivity index (χ3n) is 4.65. The maximum atomic E-state index is 13.0. The number of Topliss-reactive ketones (excluding diaryl/α,β-unsaturated/α-hetero) is 1. The summed E-state index contributed by atoms with van der Waals surface area (Å²) in [5.41, 5.74) is 2.95. The number of aromatic amines is 1. The van der Waals surface area contributed by atoms with E-state index < -0.39 is 0 Å². The Labute approximate surface area is 179 Å². The molecule has 0 aliphatic carbocycles. The number of nitrogens with zero attached hydrogens (tertiary/aromatic N) is 2. The van der Waals surface area contributed by atoms with Gasteiger partial charge in [0.15, 0.2) is 10.9 Å². The lowest BCUT2D eigenvalue weighted by atomic mass is 10.1. The van der Waals surface area contributed by atoms with Gasteiger partial charge in [-0.25, -0.2) is 4.98 Å². The monoisotopic (exact) mass is 426 g/mol. The number of nitrogens with one attached hydrogen (secondary N) is 2. The number of fused-ring (bicyclic) bond motifs is 1. The molecular formula is C22H26N4O3S. The summed E-state index contributed by atoms with van der Waals surface area (Å²) in [6.45, 7) is 8.12. The molecule has 1 amide bonds. The number of amides is 1. The molecule has 0 aliphatic heterocycles. The summed E-state index contributed by atoms with van der Waals surface area (Å²) in [7, 11) is 0. The lowest BCUT2D eigenvalue weighted by molar-refractivity contribution is -0.113. The van der Waals surface area contributed by atoms with Crippen molar-refractivity contribution in [3.8, 4) is 0 Å². The normalized spacial score (nSPS) is 11.2. The molecule has 2 aromatic heterocycles. The van der Waals surface area contributed by atoms with Crippen LogP contribution in [0.4, 0.5) is 5.69 Å². The molecule has 0 saturated carbocycles. The number of hydrogen-bond acceptors (Lipinski definition) is 5. The van der Waals surface area contributed by atoms with Gasteiger partial charge in [0.25, 0.3) is 5.56 Å². The van der Waals surface area contributed by atoms with Crippen molar-refractivity contribution in [3.63, 3.8) is 0 Å². The van der Waals surface area contributed by atoms with Gasteiger partial charge in [-0.3, -0.25) is 19.0 Å². The van der Waals surface area contributed by atoms with Gasteiger partial charge in [-0.05, 0) is 44.4 Å². The minimum atomic E-state index is -0.226. The summed E-state index contributed by atoms with van der Waals surface area (Å²) >= 11 is 1.23. The number of rotatable bonds is 8. The van der Waals surface area contributed by atoms with Crippen LogP contribution in [0.25, 0.3) is 11.0 Å². The molecular weight excluding hydrogens is 400 g/mol. The Balaban J connectivity index is 1.79. The van der Waals surface area contributed by atoms with Gasteiger partial charge < -0.3 is 10.3 Å². The van der Waals surface area contributed by atoms with Crippen molar-refractivity contribution in [1.29, 1.82) is 0 Å². The number of aryl methyl sites for hydroxylation is 1. The first-order chi connectivity index (χ1) is 14.2. The van der Waals surface area contributed by atoms with E-state index in [0.717, 1.165) is 12.1 Å². The van der Waals surface area contributed by atoms with Gasteiger partial charge in [0.05, 0.1) is 11.3 Å². The Bertz CT molecular complexity index is 1150. The third-order valence-corrected chi connectivity index (χ3v) is 5.63. The van der Waals surface area contributed by atoms with Gasteiger partial charge >= 0.3 is 0 Å². The van der Waals surface area contributed by atoms with Gasteiger partial charge in [-0.1, -0.05) is 37.7 Å². The van der Waals surface area contributed by atoms with Crippen molar-refractivity contribution in [1.82, 2.24) is 14.5 Å². The van der Waals surface area contributed by atoms with E-state index in [-0.39, 0.29) is 23.0 Å². The highest BCUT2D eigenvalue weighted by atomic mass is 32.2. The van der Waals surface area contributed by atoms with Gasteiger partial charge in [0, 0.05) is 23.5 Å². The van der Waals surface area contributed by atoms with E-state index in [1.54, 1.807) is 28.8 Å². The van der Waals surface area contributed by atoms with E-state index >= 15 is 0 Å². The van der Waals surface area contributed by atoms with Crippen LogP contribution in [0.2, 0.25) is 0 Å². The first kappa shape index (κ1) is 21.8. The molecule has 1 aromatic carbocycles. The van der Waals surface area contributed by atoms with E-state index in [2.05, 4.69) is 29.1 Å². The molecule has 2 heterocycles. The average molecular weight is 427 g/mol. The topological polar surface area (TPSA) is 96.8 Å². The zero-order valence-electron chi connectivity index (χ0n) is 17.6. The van der Waals surface area contributed by atoms with E-state index in [4.69, 9.17) is 0 Å². The minimum Gasteiger partial charge on any atom is -0.353 e. The number of anilines is 1. The molecule has 0 unspecified atom stereocenters. The first-order valence-electron chi connectivity index (χ1n) is 9.88. The average Bonchev–Trinajstić information content (AvgIpc) is 3.06. The van der Waals surface area contributed by atoms with Crippen LogP contribution in [-0.4, -0.2) is 32.0 Å². The molecule has 7 nitrogen and oxygen atoms in total. The summed E-state index contributed by atoms with van der Waals surface area (Å²) in [4.78, 5) is 44.6. The maximum absolute atomic E-state index is 13.0. The van der Waals surface area contributed by atoms with Crippen molar-refractivity contribution in [3.05, 3.63) is 51.9 Å². The maximum Gasteiger partial charge on any atom is 0.278 e. The third kappa shape index (κ3) is 5.18. The molecule has 0 radical (unpaired) electrons. The second-order valence-corrected chi connectivity index (χ2v) is 8.66. The SMILES string of the molecule is CC(=O)c1cccc(NC(=O)CSc2nc3cc(C)[nH]c3c(=O)n2CCC(C)C)c1. The fourth-order valence-electron chi connectivity index (χ4n) is 3.05. The number of carbonyl (C=O) groups is 2. The van der Waals surface area contributed by atoms with Gasteiger partial charge in [-0.2, -0.15) is 0 Å². The molecule has 30 heavy (non-hydrogen) atoms. The number of hydrogen-bond donors (Lipinski definition) is 2. The molecule has 0 aliphatic rings. The number of ketones is 1. The lowest BCUT2D eigenvalue weighted by Crippen LogP contribution is -2.25. The summed E-state index contributed by atoms with van der Waals surface area (Å²) < 4.78 is 1.65. The van der Waals surface area contributed by atoms with Crippen LogP contribution >= 0.6 is 11.8 Å². The number of H-pyrrole nitrogens is 1. The van der Waals surface area contributed by atoms with Crippen LogP contribution in [-0.2, 0) is 11.3 Å². The largest absolute Gasteiger partial charge is 0.353 e. The molecule has 0 fully saturated rings. The van der Waals surface area contributed by atoms with Crippen LogP contribution in [0.1, 0.15) is 43.2 Å². The number of carbonyl (C=O) groups excluding carboxylic acids is 2. The van der Waals surface area contributed by atoms with Crippen LogP contribution in [0.5, 0.6) is 0 Å². The molecule has 158 valence electrons. The van der Waals surface area contributed by atoms with Gasteiger partial charge in [0.2, 0.25) is 5.91 Å². The fourth-order valence-corrected chi connectivity index (χ4v) is 3.87. The Hall–Kier alpha value is -2.87. The predicted molar refractivity (Wildman–Crippen MR) is 120 cm³/mol.